The van der Waals surface area contributed by atoms with Crippen molar-refractivity contribution in [2.75, 3.05) is 11.9 Å². The molecule has 1 saturated heterocycles. The van der Waals surface area contributed by atoms with Crippen molar-refractivity contribution in [2.24, 2.45) is 5.92 Å². The van der Waals surface area contributed by atoms with Crippen molar-refractivity contribution in [3.05, 3.63) is 23.3 Å². The van der Waals surface area contributed by atoms with Gasteiger partial charge in [-0.2, -0.15) is 0 Å². The second-order valence-electron chi connectivity index (χ2n) is 7.88. The van der Waals surface area contributed by atoms with Crippen LogP contribution in [-0.4, -0.2) is 39.8 Å². The van der Waals surface area contributed by atoms with Crippen molar-refractivity contribution < 1.29 is 14.4 Å². The molecule has 2 heterocycles. The molecule has 1 aromatic carbocycles. The number of nitrogens with one attached hydrogen (secondary N) is 2. The van der Waals surface area contributed by atoms with Gasteiger partial charge in [-0.15, -0.1) is 0 Å². The molecular formula is C20H24N4O3S. The monoisotopic (exact) mass is 400 g/mol. The lowest BCUT2D eigenvalue weighted by Gasteiger charge is -2.36. The van der Waals surface area contributed by atoms with E-state index in [1.165, 1.54) is 11.3 Å². The number of hydrogen-bond acceptors (Lipinski definition) is 5. The van der Waals surface area contributed by atoms with Crippen molar-refractivity contribution in [3.8, 4) is 0 Å². The van der Waals surface area contributed by atoms with E-state index in [1.807, 2.05) is 32.9 Å². The quantitative estimate of drug-likeness (QED) is 0.773. The number of thiazole rings is 1. The smallest absolute Gasteiger partial charge is 0.323 e. The third-order valence-electron chi connectivity index (χ3n) is 5.99. The molecule has 1 saturated carbocycles. The third kappa shape index (κ3) is 2.96. The summed E-state index contributed by atoms with van der Waals surface area (Å²) in [4.78, 5) is 43.5. The molecular weight excluding hydrogens is 376 g/mol. The van der Waals surface area contributed by atoms with Gasteiger partial charge < -0.3 is 10.6 Å². The van der Waals surface area contributed by atoms with Crippen molar-refractivity contribution in [1.82, 2.24) is 15.2 Å². The maximum Gasteiger partial charge on any atom is 0.325 e. The molecule has 28 heavy (non-hydrogen) atoms. The van der Waals surface area contributed by atoms with Crippen LogP contribution in [0.4, 0.5) is 9.93 Å². The number of rotatable bonds is 3. The zero-order chi connectivity index (χ0) is 20.1. The highest BCUT2D eigenvalue weighted by Crippen LogP contribution is 2.38. The summed E-state index contributed by atoms with van der Waals surface area (Å²) in [5, 5.41) is 6.10. The second-order valence-corrected chi connectivity index (χ2v) is 8.88. The highest BCUT2D eigenvalue weighted by Gasteiger charge is 2.55. The fourth-order valence-electron chi connectivity index (χ4n) is 4.25. The molecule has 4 rings (SSSR count). The molecule has 148 valence electrons. The number of nitrogens with zero attached hydrogens (tertiary/aromatic N) is 2. The van der Waals surface area contributed by atoms with Gasteiger partial charge in [0, 0.05) is 0 Å². The van der Waals surface area contributed by atoms with E-state index in [0.29, 0.717) is 11.6 Å². The SMILES string of the molecule is Cc1ccc(C)c2sc(NC(=O)CN3C(=O)NC4(CCCCC4C)C3=O)nc12. The van der Waals surface area contributed by atoms with Gasteiger partial charge in [0.1, 0.15) is 12.1 Å². The zero-order valence-corrected chi connectivity index (χ0v) is 17.1. The van der Waals surface area contributed by atoms with Crippen LogP contribution in [0.25, 0.3) is 10.2 Å². The lowest BCUT2D eigenvalue weighted by atomic mass is 9.73. The Balaban J connectivity index is 1.50. The fraction of sp³-hybridized carbons (Fsp3) is 0.500. The van der Waals surface area contributed by atoms with E-state index in [1.54, 1.807) is 0 Å². The summed E-state index contributed by atoms with van der Waals surface area (Å²) >= 11 is 1.40. The van der Waals surface area contributed by atoms with Gasteiger partial charge >= 0.3 is 6.03 Å². The van der Waals surface area contributed by atoms with Crippen LogP contribution in [0.1, 0.15) is 43.7 Å². The number of urea groups is 1. The number of amides is 4. The number of carbonyl (C=O) groups is 3. The number of aromatic nitrogens is 1. The number of benzene rings is 1. The molecule has 4 amide bonds. The van der Waals surface area contributed by atoms with E-state index < -0.39 is 17.5 Å². The first-order valence-corrected chi connectivity index (χ1v) is 10.4. The van der Waals surface area contributed by atoms with Gasteiger partial charge in [-0.3, -0.25) is 14.5 Å². The summed E-state index contributed by atoms with van der Waals surface area (Å²) in [6.45, 7) is 5.68. The Bertz CT molecular complexity index is 946. The minimum Gasteiger partial charge on any atom is -0.323 e. The van der Waals surface area contributed by atoms with Crippen LogP contribution < -0.4 is 10.6 Å². The molecule has 2 fully saturated rings. The van der Waals surface area contributed by atoms with Crippen molar-refractivity contribution in [3.63, 3.8) is 0 Å². The molecule has 8 heteroatoms. The van der Waals surface area contributed by atoms with Gasteiger partial charge in [-0.1, -0.05) is 43.2 Å². The summed E-state index contributed by atoms with van der Waals surface area (Å²) in [7, 11) is 0. The van der Waals surface area contributed by atoms with Gasteiger partial charge in [0.15, 0.2) is 5.13 Å². The highest BCUT2D eigenvalue weighted by molar-refractivity contribution is 7.22. The molecule has 2 unspecified atom stereocenters. The van der Waals surface area contributed by atoms with E-state index in [9.17, 15) is 14.4 Å². The van der Waals surface area contributed by atoms with Crippen LogP contribution in [0.2, 0.25) is 0 Å². The molecule has 2 N–H and O–H groups in total. The number of anilines is 1. The Morgan fingerprint density at radius 2 is 2.07 bits per heavy atom. The molecule has 2 aromatic rings. The van der Waals surface area contributed by atoms with Gasteiger partial charge in [0.2, 0.25) is 5.91 Å². The molecule has 2 atom stereocenters. The summed E-state index contributed by atoms with van der Waals surface area (Å²) in [5.74, 6) is -0.629. The van der Waals surface area contributed by atoms with Crippen LogP contribution in [-0.2, 0) is 9.59 Å². The largest absolute Gasteiger partial charge is 0.325 e. The van der Waals surface area contributed by atoms with Crippen LogP contribution in [0.15, 0.2) is 12.1 Å². The lowest BCUT2D eigenvalue weighted by Crippen LogP contribution is -2.54. The van der Waals surface area contributed by atoms with Gasteiger partial charge in [0.05, 0.1) is 10.2 Å². The minimum atomic E-state index is -0.848. The molecule has 1 aliphatic heterocycles. The number of fused-ring (bicyclic) bond motifs is 1. The molecule has 0 bridgehead atoms. The zero-order valence-electron chi connectivity index (χ0n) is 16.3. The van der Waals surface area contributed by atoms with Crippen LogP contribution in [0.3, 0.4) is 0 Å². The lowest BCUT2D eigenvalue weighted by molar-refractivity contribution is -0.136. The summed E-state index contributed by atoms with van der Waals surface area (Å²) in [6, 6.07) is 3.55. The van der Waals surface area contributed by atoms with E-state index in [2.05, 4.69) is 15.6 Å². The van der Waals surface area contributed by atoms with Gasteiger partial charge in [-0.05, 0) is 43.7 Å². The molecule has 0 radical (unpaired) electrons. The topological polar surface area (TPSA) is 91.4 Å². The maximum absolute atomic E-state index is 13.0. The van der Waals surface area contributed by atoms with Gasteiger partial charge in [0.25, 0.3) is 5.91 Å². The van der Waals surface area contributed by atoms with Crippen LogP contribution >= 0.6 is 11.3 Å². The summed E-state index contributed by atoms with van der Waals surface area (Å²) in [5.41, 5.74) is 2.16. The van der Waals surface area contributed by atoms with Crippen LogP contribution in [0, 0.1) is 19.8 Å². The first-order chi connectivity index (χ1) is 13.3. The molecule has 1 spiro atoms. The number of hydrogen-bond donors (Lipinski definition) is 2. The maximum atomic E-state index is 13.0. The predicted octanol–water partition coefficient (Wildman–Crippen LogP) is 3.35. The van der Waals surface area contributed by atoms with E-state index >= 15 is 0 Å². The summed E-state index contributed by atoms with van der Waals surface area (Å²) < 4.78 is 1.03. The Morgan fingerprint density at radius 3 is 2.79 bits per heavy atom. The normalized spacial score (nSPS) is 24.8. The molecule has 1 aliphatic carbocycles. The Hall–Kier alpha value is -2.48. The van der Waals surface area contributed by atoms with Crippen molar-refractivity contribution in [2.45, 2.75) is 52.0 Å². The standard InChI is InChI=1S/C20H24N4O3S/c1-11-7-8-12(2)16-15(11)22-18(28-16)21-14(25)10-24-17(26)20(23-19(24)27)9-5-4-6-13(20)3/h7-8,13H,4-6,9-10H2,1-3H3,(H,23,27)(H,21,22,25). The predicted molar refractivity (Wildman–Crippen MR) is 108 cm³/mol. The highest BCUT2D eigenvalue weighted by atomic mass is 32.1. The Morgan fingerprint density at radius 1 is 1.32 bits per heavy atom. The number of imide groups is 1. The van der Waals surface area contributed by atoms with E-state index in [0.717, 1.165) is 45.5 Å². The average Bonchev–Trinajstić information content (AvgIpc) is 3.17. The number of aryl methyl sites for hydroxylation is 2. The third-order valence-corrected chi connectivity index (χ3v) is 7.10. The van der Waals surface area contributed by atoms with Crippen LogP contribution in [0.5, 0.6) is 0 Å². The van der Waals surface area contributed by atoms with E-state index in [4.69, 9.17) is 0 Å². The summed E-state index contributed by atoms with van der Waals surface area (Å²) in [6.07, 6.45) is 3.49. The molecule has 1 aromatic heterocycles. The second kappa shape index (κ2) is 6.84. The first kappa shape index (κ1) is 18.9. The van der Waals surface area contributed by atoms with Crippen molar-refractivity contribution in [1.29, 1.82) is 0 Å². The molecule has 7 nitrogen and oxygen atoms in total. The fourth-order valence-corrected chi connectivity index (χ4v) is 5.28. The Kier molecular flexibility index (Phi) is 4.61. The average molecular weight is 401 g/mol. The molecule has 2 aliphatic rings. The van der Waals surface area contributed by atoms with Crippen molar-refractivity contribution >= 4 is 44.5 Å². The Labute approximate surface area is 167 Å². The first-order valence-electron chi connectivity index (χ1n) is 9.62. The van der Waals surface area contributed by atoms with E-state index in [-0.39, 0.29) is 18.4 Å². The minimum absolute atomic E-state index is 0.0703. The van der Waals surface area contributed by atoms with Gasteiger partial charge in [-0.25, -0.2) is 9.78 Å². The number of carbonyl (C=O) groups excluding carboxylic acids is 3.